The number of aromatic nitrogens is 2. The van der Waals surface area contributed by atoms with Crippen LogP contribution in [0.3, 0.4) is 0 Å². The third-order valence-corrected chi connectivity index (χ3v) is 6.13. The number of benzene rings is 2. The van der Waals surface area contributed by atoms with E-state index in [4.69, 9.17) is 15.2 Å². The molecule has 0 aliphatic carbocycles. The minimum atomic E-state index is -0.634. The van der Waals surface area contributed by atoms with Crippen molar-refractivity contribution in [2.75, 3.05) is 19.0 Å². The molecule has 1 atom stereocenters. The van der Waals surface area contributed by atoms with E-state index in [1.165, 1.54) is 13.2 Å². The SMILES string of the molecule is COc1cc([C@H]2CC(=O)Nc3nc(SCc4ccccc4F)[nH]c(=O)c32)ccc1OCC(N)=O. The lowest BCUT2D eigenvalue weighted by atomic mass is 9.86. The minimum absolute atomic E-state index is 0.0319. The fourth-order valence-corrected chi connectivity index (χ4v) is 4.48. The minimum Gasteiger partial charge on any atom is -0.493 e. The lowest BCUT2D eigenvalue weighted by Gasteiger charge is -2.25. The lowest BCUT2D eigenvalue weighted by molar-refractivity contribution is -0.120. The molecule has 0 unspecified atom stereocenters. The number of fused-ring (bicyclic) bond motifs is 1. The van der Waals surface area contributed by atoms with Crippen LogP contribution in [-0.4, -0.2) is 35.5 Å². The summed E-state index contributed by atoms with van der Waals surface area (Å²) in [6.45, 7) is -0.318. The molecule has 1 aliphatic rings. The van der Waals surface area contributed by atoms with Crippen LogP contribution in [0, 0.1) is 5.82 Å². The molecule has 2 amide bonds. The van der Waals surface area contributed by atoms with Crippen molar-refractivity contribution in [3.63, 3.8) is 0 Å². The highest BCUT2D eigenvalue weighted by Gasteiger charge is 2.31. The van der Waals surface area contributed by atoms with Crippen LogP contribution in [0.1, 0.15) is 29.0 Å². The summed E-state index contributed by atoms with van der Waals surface area (Å²) in [4.78, 5) is 43.6. The van der Waals surface area contributed by atoms with Gasteiger partial charge in [0.15, 0.2) is 23.3 Å². The van der Waals surface area contributed by atoms with Gasteiger partial charge < -0.3 is 25.5 Å². The Morgan fingerprint density at radius 3 is 2.76 bits per heavy atom. The number of methoxy groups -OCH3 is 1. The number of halogens is 1. The number of primary amides is 1. The zero-order chi connectivity index (χ0) is 24.2. The highest BCUT2D eigenvalue weighted by molar-refractivity contribution is 7.98. The number of carbonyl (C=O) groups is 2. The average molecular weight is 485 g/mol. The summed E-state index contributed by atoms with van der Waals surface area (Å²) in [6.07, 6.45) is 0.0319. The number of ether oxygens (including phenoxy) is 2. The van der Waals surface area contributed by atoms with E-state index in [-0.39, 0.29) is 41.5 Å². The molecule has 34 heavy (non-hydrogen) atoms. The highest BCUT2D eigenvalue weighted by atomic mass is 32.2. The Hall–Kier alpha value is -3.86. The second-order valence-electron chi connectivity index (χ2n) is 7.48. The van der Waals surface area contributed by atoms with Crippen LogP contribution in [-0.2, 0) is 15.3 Å². The van der Waals surface area contributed by atoms with E-state index in [0.29, 0.717) is 28.2 Å². The molecule has 4 N–H and O–H groups in total. The number of amides is 2. The molecule has 0 saturated heterocycles. The molecule has 1 aliphatic heterocycles. The molecule has 2 aromatic carbocycles. The molecule has 3 aromatic rings. The van der Waals surface area contributed by atoms with E-state index >= 15 is 0 Å². The molecule has 0 radical (unpaired) electrons. The largest absolute Gasteiger partial charge is 0.493 e. The molecule has 0 spiro atoms. The Bertz CT molecular complexity index is 1310. The van der Waals surface area contributed by atoms with Gasteiger partial charge in [-0.3, -0.25) is 14.4 Å². The van der Waals surface area contributed by atoms with Crippen molar-refractivity contribution in [3.05, 3.63) is 75.3 Å². The molecule has 0 bridgehead atoms. The summed E-state index contributed by atoms with van der Waals surface area (Å²) >= 11 is 1.16. The van der Waals surface area contributed by atoms with Crippen LogP contribution in [0.4, 0.5) is 10.2 Å². The van der Waals surface area contributed by atoms with Crippen LogP contribution in [0.2, 0.25) is 0 Å². The second kappa shape index (κ2) is 9.96. The first-order valence-corrected chi connectivity index (χ1v) is 11.2. The lowest BCUT2D eigenvalue weighted by Crippen LogP contribution is -2.31. The van der Waals surface area contributed by atoms with E-state index in [0.717, 1.165) is 11.8 Å². The van der Waals surface area contributed by atoms with Gasteiger partial charge in [-0.2, -0.15) is 0 Å². The maximum Gasteiger partial charge on any atom is 0.257 e. The standard InChI is InChI=1S/C23H21FN4O5S/c1-32-17-8-12(6-7-16(17)33-10-18(25)29)14-9-19(30)26-21-20(14)22(31)28-23(27-21)34-11-13-4-2-3-5-15(13)24/h2-8,14H,9-11H2,1H3,(H2,25,29)(H2,26,27,28,30,31)/t14-/m1/s1. The summed E-state index contributed by atoms with van der Waals surface area (Å²) in [5.41, 5.74) is 6.14. The summed E-state index contributed by atoms with van der Waals surface area (Å²) in [5, 5.41) is 2.92. The van der Waals surface area contributed by atoms with Gasteiger partial charge in [0, 0.05) is 18.1 Å². The van der Waals surface area contributed by atoms with Crippen LogP contribution in [0.5, 0.6) is 11.5 Å². The van der Waals surface area contributed by atoms with Gasteiger partial charge in [0.05, 0.1) is 12.7 Å². The highest BCUT2D eigenvalue weighted by Crippen LogP contribution is 2.38. The van der Waals surface area contributed by atoms with E-state index in [1.54, 1.807) is 36.4 Å². The zero-order valence-electron chi connectivity index (χ0n) is 18.1. The van der Waals surface area contributed by atoms with Crippen LogP contribution < -0.4 is 26.1 Å². The summed E-state index contributed by atoms with van der Waals surface area (Å²) in [5.74, 6) is -0.806. The van der Waals surface area contributed by atoms with Crippen molar-refractivity contribution in [1.29, 1.82) is 0 Å². The average Bonchev–Trinajstić information content (AvgIpc) is 2.81. The number of nitrogens with zero attached hydrogens (tertiary/aromatic N) is 1. The second-order valence-corrected chi connectivity index (χ2v) is 8.45. The molecular formula is C23H21FN4O5S. The number of H-pyrrole nitrogens is 1. The maximum atomic E-state index is 13.9. The Morgan fingerprint density at radius 2 is 2.03 bits per heavy atom. The first-order valence-electron chi connectivity index (χ1n) is 10.2. The normalized spacial score (nSPS) is 14.8. The third kappa shape index (κ3) is 5.04. The van der Waals surface area contributed by atoms with Gasteiger partial charge in [-0.1, -0.05) is 36.0 Å². The first kappa shape index (κ1) is 23.3. The number of nitrogens with one attached hydrogen (secondary N) is 2. The number of anilines is 1. The fraction of sp³-hybridized carbons (Fsp3) is 0.217. The maximum absolute atomic E-state index is 13.9. The predicted octanol–water partition coefficient (Wildman–Crippen LogP) is 2.55. The van der Waals surface area contributed by atoms with Gasteiger partial charge in [-0.05, 0) is 29.3 Å². The van der Waals surface area contributed by atoms with Gasteiger partial charge in [-0.15, -0.1) is 0 Å². The molecular weight excluding hydrogens is 463 g/mol. The molecule has 2 heterocycles. The van der Waals surface area contributed by atoms with E-state index in [9.17, 15) is 18.8 Å². The summed E-state index contributed by atoms with van der Waals surface area (Å²) < 4.78 is 24.6. The number of aromatic amines is 1. The van der Waals surface area contributed by atoms with Gasteiger partial charge in [-0.25, -0.2) is 9.37 Å². The Kier molecular flexibility index (Phi) is 6.82. The topological polar surface area (TPSA) is 136 Å². The molecule has 9 nitrogen and oxygen atoms in total. The van der Waals surface area contributed by atoms with Crippen molar-refractivity contribution in [3.8, 4) is 11.5 Å². The Labute approximate surface area is 197 Å². The van der Waals surface area contributed by atoms with Gasteiger partial charge in [0.1, 0.15) is 11.6 Å². The Morgan fingerprint density at radius 1 is 1.24 bits per heavy atom. The number of thioether (sulfide) groups is 1. The number of carbonyl (C=O) groups excluding carboxylic acids is 2. The van der Waals surface area contributed by atoms with Gasteiger partial charge in [0.25, 0.3) is 11.5 Å². The third-order valence-electron chi connectivity index (χ3n) is 5.21. The Balaban J connectivity index is 1.64. The summed E-state index contributed by atoms with van der Waals surface area (Å²) in [6, 6.07) is 11.3. The molecule has 4 rings (SSSR count). The molecule has 11 heteroatoms. The smallest absolute Gasteiger partial charge is 0.257 e. The number of rotatable bonds is 8. The summed E-state index contributed by atoms with van der Waals surface area (Å²) in [7, 11) is 1.44. The van der Waals surface area contributed by atoms with Gasteiger partial charge in [0.2, 0.25) is 5.91 Å². The molecule has 0 fully saturated rings. The van der Waals surface area contributed by atoms with Crippen molar-refractivity contribution in [2.24, 2.45) is 5.73 Å². The van der Waals surface area contributed by atoms with Gasteiger partial charge >= 0.3 is 0 Å². The van der Waals surface area contributed by atoms with Crippen molar-refractivity contribution >= 4 is 29.4 Å². The number of hydrogen-bond donors (Lipinski definition) is 3. The van der Waals surface area contributed by atoms with Crippen molar-refractivity contribution in [1.82, 2.24) is 9.97 Å². The quantitative estimate of drug-likeness (QED) is 0.330. The van der Waals surface area contributed by atoms with Crippen molar-refractivity contribution < 1.29 is 23.5 Å². The monoisotopic (exact) mass is 484 g/mol. The van der Waals surface area contributed by atoms with E-state index < -0.39 is 17.4 Å². The molecule has 1 aromatic heterocycles. The van der Waals surface area contributed by atoms with Crippen LogP contribution in [0.25, 0.3) is 0 Å². The van der Waals surface area contributed by atoms with E-state index in [2.05, 4.69) is 15.3 Å². The van der Waals surface area contributed by atoms with Crippen LogP contribution >= 0.6 is 11.8 Å². The zero-order valence-corrected chi connectivity index (χ0v) is 18.9. The predicted molar refractivity (Wildman–Crippen MR) is 124 cm³/mol. The number of hydrogen-bond acceptors (Lipinski definition) is 7. The van der Waals surface area contributed by atoms with E-state index in [1.807, 2.05) is 0 Å². The number of nitrogens with two attached hydrogens (primary N) is 1. The fourth-order valence-electron chi connectivity index (χ4n) is 3.63. The molecule has 0 saturated carbocycles. The van der Waals surface area contributed by atoms with Crippen molar-refractivity contribution in [2.45, 2.75) is 23.2 Å². The molecule has 176 valence electrons. The first-order chi connectivity index (χ1) is 16.4. The van der Waals surface area contributed by atoms with Crippen LogP contribution in [0.15, 0.2) is 52.4 Å².